The van der Waals surface area contributed by atoms with Crippen molar-refractivity contribution in [2.75, 3.05) is 0 Å². The Hall–Kier alpha value is -2.28. The van der Waals surface area contributed by atoms with Crippen molar-refractivity contribution in [3.8, 4) is 0 Å². The van der Waals surface area contributed by atoms with E-state index in [1.165, 1.54) is 11.3 Å². The number of allylic oxidation sites excluding steroid dienone is 2. The maximum atomic E-state index is 13.6. The second-order valence-corrected chi connectivity index (χ2v) is 11.4. The maximum absolute atomic E-state index is 13.6. The number of ketones is 1. The van der Waals surface area contributed by atoms with E-state index in [1.807, 2.05) is 42.5 Å². The van der Waals surface area contributed by atoms with E-state index in [9.17, 15) is 9.59 Å². The lowest BCUT2D eigenvalue weighted by Gasteiger charge is -2.35. The van der Waals surface area contributed by atoms with Crippen LogP contribution < -0.4 is 14.9 Å². The van der Waals surface area contributed by atoms with Crippen molar-refractivity contribution in [2.24, 2.45) is 10.4 Å². The van der Waals surface area contributed by atoms with Gasteiger partial charge in [-0.2, -0.15) is 0 Å². The number of Topliss-reactive ketones (excluding diaryl/α,β-unsaturated/α-hetero) is 1. The van der Waals surface area contributed by atoms with Crippen molar-refractivity contribution in [1.82, 2.24) is 4.57 Å². The monoisotopic (exact) mass is 526 g/mol. The van der Waals surface area contributed by atoms with Crippen LogP contribution in [-0.2, 0) is 4.79 Å². The second kappa shape index (κ2) is 7.94. The summed E-state index contributed by atoms with van der Waals surface area (Å²) in [6.45, 7) is 4.17. The zero-order valence-electron chi connectivity index (χ0n) is 17.6. The van der Waals surface area contributed by atoms with Crippen LogP contribution >= 0.6 is 38.9 Å². The van der Waals surface area contributed by atoms with Gasteiger partial charge in [-0.25, -0.2) is 4.99 Å². The van der Waals surface area contributed by atoms with Crippen LogP contribution in [0.4, 0.5) is 0 Å². The summed E-state index contributed by atoms with van der Waals surface area (Å²) in [6.07, 6.45) is 3.02. The van der Waals surface area contributed by atoms with Gasteiger partial charge in [0.15, 0.2) is 10.6 Å². The Balaban J connectivity index is 1.77. The van der Waals surface area contributed by atoms with Gasteiger partial charge in [-0.3, -0.25) is 14.2 Å². The second-order valence-electron chi connectivity index (χ2n) is 8.99. The third kappa shape index (κ3) is 3.85. The van der Waals surface area contributed by atoms with Crippen LogP contribution in [0.15, 0.2) is 74.1 Å². The summed E-state index contributed by atoms with van der Waals surface area (Å²) in [5.41, 5.74) is 2.91. The molecule has 2 aromatic carbocycles. The molecule has 0 amide bonds. The minimum atomic E-state index is -0.494. The average Bonchev–Trinajstić information content (AvgIpc) is 3.01. The topological polar surface area (TPSA) is 51.4 Å². The lowest BCUT2D eigenvalue weighted by Crippen LogP contribution is -2.42. The van der Waals surface area contributed by atoms with E-state index in [1.54, 1.807) is 16.7 Å². The number of hydrogen-bond acceptors (Lipinski definition) is 4. The lowest BCUT2D eigenvalue weighted by molar-refractivity contribution is -0.118. The molecule has 1 aliphatic carbocycles. The molecular formula is C25H20BrClN2O2S. The number of aromatic nitrogens is 1. The van der Waals surface area contributed by atoms with E-state index in [0.29, 0.717) is 32.8 Å². The molecule has 0 radical (unpaired) electrons. The minimum absolute atomic E-state index is 0.0567. The molecule has 32 heavy (non-hydrogen) atoms. The molecule has 4 nitrogen and oxygen atoms in total. The molecule has 0 saturated heterocycles. The first-order valence-electron chi connectivity index (χ1n) is 10.3. The normalized spacial score (nSPS) is 20.1. The molecule has 162 valence electrons. The Kier molecular flexibility index (Phi) is 5.35. The Morgan fingerprint density at radius 1 is 1.16 bits per heavy atom. The summed E-state index contributed by atoms with van der Waals surface area (Å²) in [4.78, 5) is 32.3. The molecule has 0 N–H and O–H groups in total. The summed E-state index contributed by atoms with van der Waals surface area (Å²) in [6, 6.07) is 14.7. The Morgan fingerprint density at radius 2 is 1.91 bits per heavy atom. The van der Waals surface area contributed by atoms with Crippen LogP contribution in [0.3, 0.4) is 0 Å². The molecule has 0 fully saturated rings. The SMILES string of the molecule is CC1(C)CC(=O)C2=C(C1)N=c1sc(=Cc3cccc(Br)c3)c(=O)n1C2c1ccc(Cl)cc1. The van der Waals surface area contributed by atoms with Crippen molar-refractivity contribution >= 4 is 50.7 Å². The highest BCUT2D eigenvalue weighted by Crippen LogP contribution is 2.43. The molecule has 1 unspecified atom stereocenters. The van der Waals surface area contributed by atoms with E-state index in [-0.39, 0.29) is 16.8 Å². The first kappa shape index (κ1) is 21.6. The number of thiazole rings is 1. The van der Waals surface area contributed by atoms with Crippen LogP contribution in [0.5, 0.6) is 0 Å². The molecule has 1 aromatic heterocycles. The van der Waals surface area contributed by atoms with Crippen LogP contribution in [-0.4, -0.2) is 10.4 Å². The molecule has 0 saturated carbocycles. The van der Waals surface area contributed by atoms with Gasteiger partial charge in [-0.1, -0.05) is 77.0 Å². The Labute approximate surface area is 202 Å². The quantitative estimate of drug-likeness (QED) is 0.470. The number of hydrogen-bond donors (Lipinski definition) is 0. The van der Waals surface area contributed by atoms with Gasteiger partial charge in [0.1, 0.15) is 0 Å². The summed E-state index contributed by atoms with van der Waals surface area (Å²) < 4.78 is 3.21. The van der Waals surface area contributed by atoms with Crippen LogP contribution in [0.2, 0.25) is 5.02 Å². The largest absolute Gasteiger partial charge is 0.294 e. The fourth-order valence-electron chi connectivity index (χ4n) is 4.46. The number of rotatable bonds is 2. The van der Waals surface area contributed by atoms with Crippen molar-refractivity contribution < 1.29 is 4.79 Å². The van der Waals surface area contributed by atoms with Crippen molar-refractivity contribution in [3.63, 3.8) is 0 Å². The van der Waals surface area contributed by atoms with Gasteiger partial charge in [0.05, 0.1) is 16.3 Å². The number of benzene rings is 2. The molecule has 2 heterocycles. The first-order valence-corrected chi connectivity index (χ1v) is 12.3. The van der Waals surface area contributed by atoms with E-state index in [0.717, 1.165) is 21.3 Å². The lowest BCUT2D eigenvalue weighted by atomic mass is 9.73. The summed E-state index contributed by atoms with van der Waals surface area (Å²) in [7, 11) is 0. The molecule has 5 rings (SSSR count). The van der Waals surface area contributed by atoms with E-state index < -0.39 is 6.04 Å². The smallest absolute Gasteiger partial charge is 0.271 e. The van der Waals surface area contributed by atoms with E-state index in [4.69, 9.17) is 16.6 Å². The predicted octanol–water partition coefficient (Wildman–Crippen LogP) is 5.02. The standard InChI is InChI=1S/C25H20BrClN2O2S/c1-25(2)12-18-21(19(30)13-25)22(15-6-8-17(27)9-7-15)29-23(31)20(32-24(29)28-18)11-14-4-3-5-16(26)10-14/h3-11,22H,12-13H2,1-2H3. The van der Waals surface area contributed by atoms with E-state index in [2.05, 4.69) is 29.8 Å². The van der Waals surface area contributed by atoms with Crippen molar-refractivity contribution in [1.29, 1.82) is 0 Å². The Morgan fingerprint density at radius 3 is 2.62 bits per heavy atom. The van der Waals surface area contributed by atoms with Gasteiger partial charge < -0.3 is 0 Å². The molecule has 2 aliphatic rings. The Bertz CT molecular complexity index is 1460. The number of halogens is 2. The molecular weight excluding hydrogens is 508 g/mol. The predicted molar refractivity (Wildman–Crippen MR) is 132 cm³/mol. The molecule has 7 heteroatoms. The summed E-state index contributed by atoms with van der Waals surface area (Å²) >= 11 is 11.0. The first-order chi connectivity index (χ1) is 15.2. The van der Waals surface area contributed by atoms with Gasteiger partial charge in [-0.05, 0) is 53.3 Å². The molecule has 0 bridgehead atoms. The fourth-order valence-corrected chi connectivity index (χ4v) is 6.02. The number of fused-ring (bicyclic) bond motifs is 1. The number of nitrogens with zero attached hydrogens (tertiary/aromatic N) is 2. The number of carbonyl (C=O) groups is 1. The van der Waals surface area contributed by atoms with Crippen LogP contribution in [0.1, 0.15) is 43.9 Å². The van der Waals surface area contributed by atoms with Gasteiger partial charge in [0.2, 0.25) is 0 Å². The van der Waals surface area contributed by atoms with Gasteiger partial charge in [0, 0.05) is 21.5 Å². The molecule has 0 spiro atoms. The zero-order chi connectivity index (χ0) is 22.6. The highest BCUT2D eigenvalue weighted by atomic mass is 79.9. The fraction of sp³-hybridized carbons (Fsp3) is 0.240. The van der Waals surface area contributed by atoms with Gasteiger partial charge in [0.25, 0.3) is 5.56 Å². The summed E-state index contributed by atoms with van der Waals surface area (Å²) in [5, 5.41) is 0.612. The maximum Gasteiger partial charge on any atom is 0.271 e. The third-order valence-electron chi connectivity index (χ3n) is 5.83. The minimum Gasteiger partial charge on any atom is -0.294 e. The molecule has 1 aliphatic heterocycles. The van der Waals surface area contributed by atoms with Crippen molar-refractivity contribution in [2.45, 2.75) is 32.7 Å². The van der Waals surface area contributed by atoms with Gasteiger partial charge in [-0.15, -0.1) is 0 Å². The van der Waals surface area contributed by atoms with Crippen LogP contribution in [0, 0.1) is 5.41 Å². The van der Waals surface area contributed by atoms with Crippen molar-refractivity contribution in [3.05, 3.63) is 100 Å². The average molecular weight is 528 g/mol. The van der Waals surface area contributed by atoms with E-state index >= 15 is 0 Å². The molecule has 3 aromatic rings. The zero-order valence-corrected chi connectivity index (χ0v) is 20.7. The molecule has 1 atom stereocenters. The van der Waals surface area contributed by atoms with Gasteiger partial charge >= 0.3 is 0 Å². The number of carbonyl (C=O) groups excluding carboxylic acids is 1. The highest BCUT2D eigenvalue weighted by molar-refractivity contribution is 9.10. The highest BCUT2D eigenvalue weighted by Gasteiger charge is 2.40. The summed E-state index contributed by atoms with van der Waals surface area (Å²) in [5.74, 6) is 0.0567. The third-order valence-corrected chi connectivity index (χ3v) is 7.56. The van der Waals surface area contributed by atoms with Crippen LogP contribution in [0.25, 0.3) is 6.08 Å².